The van der Waals surface area contributed by atoms with Gasteiger partial charge in [0.15, 0.2) is 5.03 Å². The van der Waals surface area contributed by atoms with Crippen molar-refractivity contribution in [2.45, 2.75) is 31.8 Å². The summed E-state index contributed by atoms with van der Waals surface area (Å²) in [6.07, 6.45) is 3.74. The fourth-order valence-corrected chi connectivity index (χ4v) is 2.92. The third-order valence-electron chi connectivity index (χ3n) is 2.54. The lowest BCUT2D eigenvalue weighted by atomic mass is 10.4. The molecule has 0 aliphatic rings. The molecule has 0 aliphatic heterocycles. The van der Waals surface area contributed by atoms with E-state index in [2.05, 4.69) is 4.98 Å². The third kappa shape index (κ3) is 3.27. The topological polar surface area (TPSA) is 81.2 Å². The van der Waals surface area contributed by atoms with Crippen LogP contribution in [0.15, 0.2) is 17.6 Å². The Balaban J connectivity index is 2.91. The first-order valence-electron chi connectivity index (χ1n) is 5.78. The van der Waals surface area contributed by atoms with E-state index in [9.17, 15) is 8.42 Å². The molecule has 0 atom stereocenters. The molecule has 0 aromatic carbocycles. The van der Waals surface area contributed by atoms with Crippen molar-refractivity contribution < 1.29 is 8.42 Å². The first-order chi connectivity index (χ1) is 8.06. The SMILES string of the molecule is CCN(CCCN)S(=O)(=O)c1cn(CC)cn1. The molecule has 7 heteroatoms. The van der Waals surface area contributed by atoms with Gasteiger partial charge in [-0.3, -0.25) is 0 Å². The molecule has 1 aromatic heterocycles. The second-order valence-electron chi connectivity index (χ2n) is 3.68. The van der Waals surface area contributed by atoms with E-state index in [1.54, 1.807) is 10.8 Å². The van der Waals surface area contributed by atoms with Crippen LogP contribution in [0, 0.1) is 0 Å². The van der Waals surface area contributed by atoms with Gasteiger partial charge in [-0.25, -0.2) is 13.4 Å². The molecule has 17 heavy (non-hydrogen) atoms. The fraction of sp³-hybridized carbons (Fsp3) is 0.700. The molecule has 0 amide bonds. The average Bonchev–Trinajstić information content (AvgIpc) is 2.79. The van der Waals surface area contributed by atoms with Gasteiger partial charge in [0.1, 0.15) is 0 Å². The second-order valence-corrected chi connectivity index (χ2v) is 5.57. The van der Waals surface area contributed by atoms with Gasteiger partial charge in [-0.15, -0.1) is 0 Å². The number of rotatable bonds is 7. The molecule has 0 bridgehead atoms. The Morgan fingerprint density at radius 2 is 2.18 bits per heavy atom. The van der Waals surface area contributed by atoms with Crippen LogP contribution in [0.1, 0.15) is 20.3 Å². The minimum absolute atomic E-state index is 0.109. The second kappa shape index (κ2) is 6.13. The van der Waals surface area contributed by atoms with Crippen LogP contribution in [-0.2, 0) is 16.6 Å². The molecule has 0 fully saturated rings. The van der Waals surface area contributed by atoms with Crippen molar-refractivity contribution in [3.8, 4) is 0 Å². The van der Waals surface area contributed by atoms with Crippen LogP contribution in [0.4, 0.5) is 0 Å². The van der Waals surface area contributed by atoms with Gasteiger partial charge in [-0.2, -0.15) is 4.31 Å². The van der Waals surface area contributed by atoms with Crippen molar-refractivity contribution >= 4 is 10.0 Å². The van der Waals surface area contributed by atoms with Crippen LogP contribution < -0.4 is 5.73 Å². The van der Waals surface area contributed by atoms with Crippen LogP contribution >= 0.6 is 0 Å². The number of imidazole rings is 1. The third-order valence-corrected chi connectivity index (χ3v) is 4.40. The molecule has 1 heterocycles. The number of hydrogen-bond acceptors (Lipinski definition) is 4. The minimum atomic E-state index is -3.47. The van der Waals surface area contributed by atoms with Crippen molar-refractivity contribution in [3.63, 3.8) is 0 Å². The van der Waals surface area contributed by atoms with Crippen molar-refractivity contribution in [2.75, 3.05) is 19.6 Å². The highest BCUT2D eigenvalue weighted by atomic mass is 32.2. The lowest BCUT2D eigenvalue weighted by Crippen LogP contribution is -2.33. The maximum absolute atomic E-state index is 12.2. The maximum atomic E-state index is 12.2. The molecule has 98 valence electrons. The summed E-state index contributed by atoms with van der Waals surface area (Å²) < 4.78 is 27.6. The lowest BCUT2D eigenvalue weighted by Gasteiger charge is -2.18. The van der Waals surface area contributed by atoms with E-state index >= 15 is 0 Å². The fourth-order valence-electron chi connectivity index (χ4n) is 1.49. The van der Waals surface area contributed by atoms with E-state index in [0.29, 0.717) is 32.6 Å². The van der Waals surface area contributed by atoms with Crippen LogP contribution in [0.2, 0.25) is 0 Å². The smallest absolute Gasteiger partial charge is 0.262 e. The van der Waals surface area contributed by atoms with Crippen molar-refractivity contribution in [2.24, 2.45) is 5.73 Å². The van der Waals surface area contributed by atoms with Gasteiger partial charge in [0.25, 0.3) is 10.0 Å². The molecule has 0 saturated heterocycles. The maximum Gasteiger partial charge on any atom is 0.262 e. The van der Waals surface area contributed by atoms with Gasteiger partial charge < -0.3 is 10.3 Å². The summed E-state index contributed by atoms with van der Waals surface area (Å²) in [5, 5.41) is 0.109. The number of nitrogens with two attached hydrogens (primary N) is 1. The average molecular weight is 260 g/mol. The molecule has 6 nitrogen and oxygen atoms in total. The predicted octanol–water partition coefficient (Wildman–Crippen LogP) is 0.262. The van der Waals surface area contributed by atoms with Gasteiger partial charge in [-0.05, 0) is 19.9 Å². The standard InChI is InChI=1S/C10H20N4O2S/c1-3-13-8-10(12-9-13)17(15,16)14(4-2)7-5-6-11/h8-9H,3-7,11H2,1-2H3. The highest BCUT2D eigenvalue weighted by Gasteiger charge is 2.24. The van der Waals surface area contributed by atoms with Crippen LogP contribution in [-0.4, -0.2) is 41.9 Å². The van der Waals surface area contributed by atoms with E-state index in [-0.39, 0.29) is 5.03 Å². The van der Waals surface area contributed by atoms with Gasteiger partial charge in [-0.1, -0.05) is 6.92 Å². The normalized spacial score (nSPS) is 12.2. The van der Waals surface area contributed by atoms with Crippen molar-refractivity contribution in [1.29, 1.82) is 0 Å². The van der Waals surface area contributed by atoms with Crippen molar-refractivity contribution in [1.82, 2.24) is 13.9 Å². The molecule has 1 rings (SSSR count). The molecule has 0 saturated carbocycles. The molecular formula is C10H20N4O2S. The minimum Gasteiger partial charge on any atom is -0.336 e. The lowest BCUT2D eigenvalue weighted by molar-refractivity contribution is 0.421. The number of sulfonamides is 1. The van der Waals surface area contributed by atoms with E-state index in [0.717, 1.165) is 0 Å². The Labute approximate surface area is 102 Å². The molecule has 0 aliphatic carbocycles. The van der Waals surface area contributed by atoms with Crippen LogP contribution in [0.5, 0.6) is 0 Å². The van der Waals surface area contributed by atoms with Gasteiger partial charge in [0.2, 0.25) is 0 Å². The van der Waals surface area contributed by atoms with Gasteiger partial charge in [0, 0.05) is 25.8 Å². The van der Waals surface area contributed by atoms with Crippen molar-refractivity contribution in [3.05, 3.63) is 12.5 Å². The highest BCUT2D eigenvalue weighted by Crippen LogP contribution is 2.13. The Morgan fingerprint density at radius 1 is 1.47 bits per heavy atom. The van der Waals surface area contributed by atoms with E-state index in [1.165, 1.54) is 10.6 Å². The first kappa shape index (κ1) is 14.1. The summed E-state index contributed by atoms with van der Waals surface area (Å²) in [6, 6.07) is 0. The zero-order chi connectivity index (χ0) is 12.9. The Hall–Kier alpha value is -0.920. The molecule has 0 radical (unpaired) electrons. The Kier molecular flexibility index (Phi) is 5.10. The molecule has 1 aromatic rings. The predicted molar refractivity (Wildman–Crippen MR) is 66.0 cm³/mol. The quantitative estimate of drug-likeness (QED) is 0.762. The first-order valence-corrected chi connectivity index (χ1v) is 7.22. The largest absolute Gasteiger partial charge is 0.336 e. The molecule has 0 spiro atoms. The van der Waals surface area contributed by atoms with Gasteiger partial charge in [0.05, 0.1) is 6.33 Å². The summed E-state index contributed by atoms with van der Waals surface area (Å²) >= 11 is 0. The summed E-state index contributed by atoms with van der Waals surface area (Å²) in [6.45, 7) is 5.80. The highest BCUT2D eigenvalue weighted by molar-refractivity contribution is 7.89. The number of hydrogen-bond donors (Lipinski definition) is 1. The number of nitrogens with zero attached hydrogens (tertiary/aromatic N) is 3. The van der Waals surface area contributed by atoms with E-state index in [1.807, 2.05) is 13.8 Å². The Bertz CT molecular complexity index is 441. The molecule has 2 N–H and O–H groups in total. The Morgan fingerprint density at radius 3 is 2.65 bits per heavy atom. The summed E-state index contributed by atoms with van der Waals surface area (Å²) in [5.41, 5.74) is 5.40. The molecular weight excluding hydrogens is 240 g/mol. The number of aromatic nitrogens is 2. The zero-order valence-electron chi connectivity index (χ0n) is 10.3. The summed E-state index contributed by atoms with van der Waals surface area (Å²) in [7, 11) is -3.47. The zero-order valence-corrected chi connectivity index (χ0v) is 11.2. The summed E-state index contributed by atoms with van der Waals surface area (Å²) in [4.78, 5) is 3.94. The van der Waals surface area contributed by atoms with Gasteiger partial charge >= 0.3 is 0 Å². The number of aryl methyl sites for hydroxylation is 1. The van der Waals surface area contributed by atoms with E-state index in [4.69, 9.17) is 5.73 Å². The summed E-state index contributed by atoms with van der Waals surface area (Å²) in [5.74, 6) is 0. The van der Waals surface area contributed by atoms with Crippen LogP contribution in [0.3, 0.4) is 0 Å². The van der Waals surface area contributed by atoms with Crippen LogP contribution in [0.25, 0.3) is 0 Å². The van der Waals surface area contributed by atoms with E-state index < -0.39 is 10.0 Å². The molecule has 0 unspecified atom stereocenters. The monoisotopic (exact) mass is 260 g/mol.